The third-order valence-corrected chi connectivity index (χ3v) is 11.6. The molecule has 0 saturated carbocycles. The smallest absolute Gasteiger partial charge is 0.238 e. The molecule has 6 heteroatoms. The third-order valence-electron chi connectivity index (χ3n) is 11.6. The molecular weight excluding hydrogens is 699 g/mol. The average Bonchev–Trinajstić information content (AvgIpc) is 3.95. The van der Waals surface area contributed by atoms with Gasteiger partial charge in [-0.2, -0.15) is 9.97 Å². The van der Waals surface area contributed by atoms with Crippen LogP contribution in [-0.4, -0.2) is 25.6 Å². The number of benzene rings is 7. The van der Waals surface area contributed by atoms with Gasteiger partial charge in [0, 0.05) is 44.3 Å². The van der Waals surface area contributed by atoms with Gasteiger partial charge in [-0.05, 0) is 47.0 Å². The fourth-order valence-corrected chi connectivity index (χ4v) is 9.07. The molecule has 10 aromatic rings. The maximum Gasteiger partial charge on any atom is 0.238 e. The number of aromatic nitrogens is 4. The maximum atomic E-state index is 6.36. The van der Waals surface area contributed by atoms with Crippen LogP contribution in [0.1, 0.15) is 11.5 Å². The molecule has 0 N–H and O–H groups in total. The molecule has 57 heavy (non-hydrogen) atoms. The van der Waals surface area contributed by atoms with Crippen LogP contribution in [0.2, 0.25) is 0 Å². The van der Waals surface area contributed by atoms with Gasteiger partial charge in [-0.25, -0.2) is 4.98 Å². The van der Waals surface area contributed by atoms with Gasteiger partial charge < -0.3 is 9.32 Å². The van der Waals surface area contributed by atoms with Gasteiger partial charge in [0.05, 0.1) is 22.8 Å². The van der Waals surface area contributed by atoms with Crippen LogP contribution in [0.15, 0.2) is 193 Å². The first-order chi connectivity index (χ1) is 28.3. The normalized spacial score (nSPS) is 15.9. The van der Waals surface area contributed by atoms with Gasteiger partial charge >= 0.3 is 0 Å². The minimum atomic E-state index is 0.129. The summed E-state index contributed by atoms with van der Waals surface area (Å²) < 4.78 is 8.63. The summed E-state index contributed by atoms with van der Waals surface area (Å²) in [4.78, 5) is 18.6. The lowest BCUT2D eigenvalue weighted by Gasteiger charge is -2.29. The summed E-state index contributed by atoms with van der Waals surface area (Å²) in [5.74, 6) is 1.93. The highest BCUT2D eigenvalue weighted by Crippen LogP contribution is 2.52. The van der Waals surface area contributed by atoms with E-state index in [0.717, 1.165) is 71.7 Å². The van der Waals surface area contributed by atoms with Crippen molar-refractivity contribution in [1.82, 2.24) is 19.5 Å². The number of hydrogen-bond donors (Lipinski definition) is 0. The Morgan fingerprint density at radius 2 is 1.18 bits per heavy atom. The standard InChI is InChI=1S/C51H33N5O/c1-3-14-32(15-4-1)33-26-28-34(29-27-33)49-52-50(41-21-13-25-45-46(41)40-20-9-12-24-44(40)57-45)54-51(53-49)56-43-23-11-8-19-37(43)39-31-30-38-36-18-7-10-22-42(36)55(47(38)48(39)56)35-16-5-2-6-17-35/h1-31,36,42H. The van der Waals surface area contributed by atoms with Crippen LogP contribution in [0.5, 0.6) is 0 Å². The zero-order chi connectivity index (χ0) is 37.5. The molecule has 3 aromatic heterocycles. The van der Waals surface area contributed by atoms with Crippen molar-refractivity contribution in [2.45, 2.75) is 12.0 Å². The van der Waals surface area contributed by atoms with Crippen LogP contribution in [0, 0.1) is 0 Å². The molecule has 1 aliphatic carbocycles. The number of anilines is 2. The number of hydrogen-bond acceptors (Lipinski definition) is 5. The van der Waals surface area contributed by atoms with Crippen LogP contribution in [0.3, 0.4) is 0 Å². The number of nitrogens with zero attached hydrogens (tertiary/aromatic N) is 5. The molecule has 2 aliphatic rings. The highest BCUT2D eigenvalue weighted by Gasteiger charge is 2.40. The molecule has 0 radical (unpaired) electrons. The van der Waals surface area contributed by atoms with Gasteiger partial charge in [-0.15, -0.1) is 0 Å². The summed E-state index contributed by atoms with van der Waals surface area (Å²) in [7, 11) is 0. The molecule has 2 unspecified atom stereocenters. The molecule has 0 bridgehead atoms. The van der Waals surface area contributed by atoms with E-state index in [1.54, 1.807) is 0 Å². The number of rotatable bonds is 5. The highest BCUT2D eigenvalue weighted by atomic mass is 16.3. The molecule has 1 aliphatic heterocycles. The Bertz CT molecular complexity index is 3250. The van der Waals surface area contributed by atoms with Crippen LogP contribution in [-0.2, 0) is 0 Å². The minimum absolute atomic E-state index is 0.129. The quantitative estimate of drug-likeness (QED) is 0.176. The van der Waals surface area contributed by atoms with Crippen LogP contribution in [0.4, 0.5) is 11.4 Å². The molecular formula is C51H33N5O. The minimum Gasteiger partial charge on any atom is -0.456 e. The molecule has 0 saturated heterocycles. The van der Waals surface area contributed by atoms with Crippen LogP contribution >= 0.6 is 0 Å². The second kappa shape index (κ2) is 12.5. The van der Waals surface area contributed by atoms with E-state index in [2.05, 4.69) is 161 Å². The maximum absolute atomic E-state index is 6.36. The summed E-state index contributed by atoms with van der Waals surface area (Å²) in [5.41, 5.74) is 11.4. The van der Waals surface area contributed by atoms with Crippen molar-refractivity contribution in [3.63, 3.8) is 0 Å². The number of fused-ring (bicyclic) bond motifs is 10. The Morgan fingerprint density at radius 3 is 2.04 bits per heavy atom. The lowest BCUT2D eigenvalue weighted by atomic mass is 9.91. The van der Waals surface area contributed by atoms with Gasteiger partial charge in [0.25, 0.3) is 0 Å². The molecule has 12 rings (SSSR count). The molecule has 7 aromatic carbocycles. The van der Waals surface area contributed by atoms with Crippen LogP contribution in [0.25, 0.3) is 83.6 Å². The topological polar surface area (TPSA) is 60.0 Å². The first-order valence-corrected chi connectivity index (χ1v) is 19.4. The molecule has 268 valence electrons. The summed E-state index contributed by atoms with van der Waals surface area (Å²) in [6, 6.07) is 57.3. The van der Waals surface area contributed by atoms with Crippen molar-refractivity contribution < 1.29 is 4.42 Å². The Hall–Kier alpha value is -7.57. The zero-order valence-corrected chi connectivity index (χ0v) is 30.7. The summed E-state index contributed by atoms with van der Waals surface area (Å²) in [5, 5.41) is 4.30. The Kier molecular flexibility index (Phi) is 6.95. The average molecular weight is 732 g/mol. The highest BCUT2D eigenvalue weighted by molar-refractivity contribution is 6.15. The van der Waals surface area contributed by atoms with Gasteiger partial charge in [0.1, 0.15) is 11.2 Å². The van der Waals surface area contributed by atoms with Crippen molar-refractivity contribution >= 4 is 55.1 Å². The fourth-order valence-electron chi connectivity index (χ4n) is 9.07. The van der Waals surface area contributed by atoms with Crippen LogP contribution < -0.4 is 4.90 Å². The molecule has 0 spiro atoms. The number of para-hydroxylation sites is 3. The van der Waals surface area contributed by atoms with E-state index < -0.39 is 0 Å². The zero-order valence-electron chi connectivity index (χ0n) is 30.7. The predicted octanol–water partition coefficient (Wildman–Crippen LogP) is 12.6. The van der Waals surface area contributed by atoms with Crippen molar-refractivity contribution in [1.29, 1.82) is 0 Å². The fraction of sp³-hybridized carbons (Fsp3) is 0.0392. The summed E-state index contributed by atoms with van der Waals surface area (Å²) in [6.07, 6.45) is 9.00. The Labute approximate surface area is 328 Å². The molecule has 6 nitrogen and oxygen atoms in total. The monoisotopic (exact) mass is 731 g/mol. The van der Waals surface area contributed by atoms with E-state index >= 15 is 0 Å². The van der Waals surface area contributed by atoms with Gasteiger partial charge in [-0.1, -0.05) is 158 Å². The molecule has 0 amide bonds. The number of furan rings is 1. The second-order valence-electron chi connectivity index (χ2n) is 14.7. The molecule has 2 atom stereocenters. The molecule has 0 fully saturated rings. The van der Waals surface area contributed by atoms with Crippen molar-refractivity contribution in [3.8, 4) is 39.9 Å². The van der Waals surface area contributed by atoms with E-state index in [9.17, 15) is 0 Å². The van der Waals surface area contributed by atoms with E-state index in [-0.39, 0.29) is 12.0 Å². The lowest BCUT2D eigenvalue weighted by Crippen LogP contribution is -2.28. The van der Waals surface area contributed by atoms with Gasteiger partial charge in [0.15, 0.2) is 11.6 Å². The summed E-state index contributed by atoms with van der Waals surface area (Å²) >= 11 is 0. The van der Waals surface area contributed by atoms with Crippen molar-refractivity contribution in [2.75, 3.05) is 4.90 Å². The SMILES string of the molecule is C1=CC2c3ccc4c5ccccc5n(-c5nc(-c6ccc(-c7ccccc7)cc6)nc(-c6cccc7oc8ccccc8c67)n5)c4c3N(c3ccccc3)C2C=C1. The second-order valence-corrected chi connectivity index (χ2v) is 14.7. The lowest BCUT2D eigenvalue weighted by molar-refractivity contribution is 0.669. The Morgan fingerprint density at radius 1 is 0.491 bits per heavy atom. The van der Waals surface area contributed by atoms with E-state index in [4.69, 9.17) is 19.4 Å². The van der Waals surface area contributed by atoms with E-state index in [1.807, 2.05) is 36.4 Å². The van der Waals surface area contributed by atoms with E-state index in [1.165, 1.54) is 11.3 Å². The first kappa shape index (κ1) is 31.7. The third kappa shape index (κ3) is 4.87. The first-order valence-electron chi connectivity index (χ1n) is 19.4. The summed E-state index contributed by atoms with van der Waals surface area (Å²) in [6.45, 7) is 0. The van der Waals surface area contributed by atoms with Crippen molar-refractivity contribution in [3.05, 3.63) is 194 Å². The van der Waals surface area contributed by atoms with Gasteiger partial charge in [-0.3, -0.25) is 4.57 Å². The van der Waals surface area contributed by atoms with E-state index in [0.29, 0.717) is 17.6 Å². The number of allylic oxidation sites excluding steroid dienone is 2. The molecule has 4 heterocycles. The van der Waals surface area contributed by atoms with Crippen molar-refractivity contribution in [2.24, 2.45) is 0 Å². The largest absolute Gasteiger partial charge is 0.456 e. The van der Waals surface area contributed by atoms with Gasteiger partial charge in [0.2, 0.25) is 5.95 Å². The Balaban J connectivity index is 1.16. The predicted molar refractivity (Wildman–Crippen MR) is 231 cm³/mol.